The molecule has 0 spiro atoms. The second kappa shape index (κ2) is 35.4. The summed E-state index contributed by atoms with van der Waals surface area (Å²) in [5.41, 5.74) is 0. The van der Waals surface area contributed by atoms with Gasteiger partial charge in [0.15, 0.2) is 43.5 Å². The number of ether oxygens (including phenoxy) is 4. The van der Waals surface area contributed by atoms with E-state index in [9.17, 15) is 123 Å². The zero-order valence-corrected chi connectivity index (χ0v) is 49.5. The first-order chi connectivity index (χ1) is 34.4. The van der Waals surface area contributed by atoms with Gasteiger partial charge >= 0.3 is 148 Å². The third-order valence-electron chi connectivity index (χ3n) is 6.93. The molecular formula is C38H34F22K2O12S4. The van der Waals surface area contributed by atoms with Crippen molar-refractivity contribution >= 4 is 43.8 Å². The largest absolute Gasteiger partial charge is 1.00 e. The van der Waals surface area contributed by atoms with Gasteiger partial charge in [-0.15, -0.1) is 0 Å². The van der Waals surface area contributed by atoms with Crippen LogP contribution in [0.5, 0.6) is 23.0 Å². The van der Waals surface area contributed by atoms with Crippen molar-refractivity contribution < 1.29 is 254 Å². The normalized spacial score (nSPS) is 12.0. The number of halogens is 22. The first kappa shape index (κ1) is 85.1. The van der Waals surface area contributed by atoms with E-state index >= 15 is 0 Å². The van der Waals surface area contributed by atoms with Gasteiger partial charge in [0.25, 0.3) is 0 Å². The summed E-state index contributed by atoms with van der Waals surface area (Å²) < 4.78 is 354. The molecular weight excluding hydrogens is 1270 g/mol. The molecule has 78 heavy (non-hydrogen) atoms. The molecule has 0 unspecified atom stereocenters. The van der Waals surface area contributed by atoms with Gasteiger partial charge in [0.1, 0.15) is 23.0 Å². The van der Waals surface area contributed by atoms with Gasteiger partial charge in [-0.3, -0.25) is 8.78 Å². The predicted molar refractivity (Wildman–Crippen MR) is 220 cm³/mol. The fourth-order valence-electron chi connectivity index (χ4n) is 3.54. The van der Waals surface area contributed by atoms with E-state index in [1.54, 1.807) is 19.0 Å². The molecule has 12 nitrogen and oxygen atoms in total. The molecule has 0 atom stereocenters. The van der Waals surface area contributed by atoms with Gasteiger partial charge in [-0.25, -0.2) is 43.9 Å². The van der Waals surface area contributed by atoms with Crippen LogP contribution in [0.4, 0.5) is 96.6 Å². The van der Waals surface area contributed by atoms with E-state index in [-0.39, 0.29) is 114 Å². The third kappa shape index (κ3) is 25.0. The van der Waals surface area contributed by atoms with E-state index in [0.29, 0.717) is 14.4 Å². The van der Waals surface area contributed by atoms with Crippen LogP contribution in [-0.4, -0.2) is 110 Å². The van der Waals surface area contributed by atoms with Gasteiger partial charge in [0, 0.05) is 11.0 Å². The summed E-state index contributed by atoms with van der Waals surface area (Å²) in [4.78, 5) is -3.07. The third-order valence-corrected chi connectivity index (χ3v) is 10.7. The SMILES string of the molecule is CC.CF.CF.COc1ccc(OC)cc1.O=S(=O)([O-])C(F)(F)C(F)(F)OC(F)(F)C(F)(F)Sc1c(F)c(F)cc(F)c1F.O=S(=O)([O-])C(F)(F)C(F)(F)OC(F)(F)C(F)(F)Sc1ccccc1.Oc1ccc(O)cc1.[K+].[K+]. The molecule has 0 radical (unpaired) electrons. The van der Waals surface area contributed by atoms with Crippen molar-refractivity contribution in [2.24, 2.45) is 0 Å². The smallest absolute Gasteiger partial charge is 0.743 e. The minimum atomic E-state index is -7.42. The molecule has 4 rings (SSSR count). The molecule has 4 aromatic carbocycles. The maximum Gasteiger partial charge on any atom is 1.00 e. The van der Waals surface area contributed by atoms with Crippen LogP contribution < -0.4 is 112 Å². The quantitative estimate of drug-likeness (QED) is 0.0292. The van der Waals surface area contributed by atoms with Gasteiger partial charge < -0.3 is 28.8 Å². The molecule has 438 valence electrons. The number of rotatable bonds is 16. The van der Waals surface area contributed by atoms with Crippen LogP contribution in [0, 0.1) is 23.3 Å². The summed E-state index contributed by atoms with van der Waals surface area (Å²) in [5, 5.41) is -8.23. The van der Waals surface area contributed by atoms with Crippen LogP contribution in [0.15, 0.2) is 94.7 Å². The monoisotopic (exact) mass is 1310 g/mol. The second-order valence-corrected chi connectivity index (χ2v) is 17.1. The maximum absolute atomic E-state index is 13.4. The molecule has 0 aliphatic heterocycles. The summed E-state index contributed by atoms with van der Waals surface area (Å²) in [6, 6.07) is 17.9. The number of aromatic hydroxyl groups is 2. The Kier molecular flexibility index (Phi) is 38.6. The second-order valence-electron chi connectivity index (χ2n) is 12.0. The molecule has 0 saturated carbocycles. The summed E-state index contributed by atoms with van der Waals surface area (Å²) in [6.45, 7) is 4.00. The zero-order valence-electron chi connectivity index (χ0n) is 40.0. The van der Waals surface area contributed by atoms with Gasteiger partial charge in [0.2, 0.25) is 0 Å². The molecule has 40 heteroatoms. The van der Waals surface area contributed by atoms with Gasteiger partial charge in [-0.2, -0.15) is 70.2 Å². The van der Waals surface area contributed by atoms with Crippen molar-refractivity contribution in [3.8, 4) is 23.0 Å². The Morgan fingerprint density at radius 1 is 0.462 bits per heavy atom. The molecule has 0 aliphatic carbocycles. The number of hydrogen-bond donors (Lipinski definition) is 2. The Hall–Kier alpha value is -1.75. The maximum atomic E-state index is 13.4. The number of alkyl halides is 18. The molecule has 4 aromatic rings. The van der Waals surface area contributed by atoms with Crippen molar-refractivity contribution in [2.45, 2.75) is 69.1 Å². The standard InChI is InChI=1S/C10H2F12O4S2.C10H6F8O4S2.C8H10O2.C6H6O2.C2H6.2CH3F.2K/c11-2-1-3(12)5(14)6(4(2)13)27-9(19,20)7(15,16)26-8(17,18)10(21,22)28(23,24)25;11-7(12,9(15,16)23-6-4-2-1-3-5-6)22-8(13,14)10(17,18)24(19,20)21;1-9-7-3-5-8(10-2)6-4-7;7-5-1-2-6(8)4-3-5;3*1-2;;/h1H,(H,23,24,25);1-5H,(H,19,20,21);3-6H,1-2H3;1-4,7-8H;1-2H3;2*1H3;;/q;;;;;;;2*+1/p-2. The van der Waals surface area contributed by atoms with E-state index < -0.39 is 128 Å². The summed E-state index contributed by atoms with van der Waals surface area (Å²) in [7, 11) is -10.3. The van der Waals surface area contributed by atoms with E-state index in [1.807, 2.05) is 38.1 Å². The zero-order chi connectivity index (χ0) is 60.9. The fraction of sp³-hybridized carbons (Fsp3) is 0.368. The van der Waals surface area contributed by atoms with Crippen molar-refractivity contribution in [2.75, 3.05) is 28.6 Å². The Balaban J connectivity index is -0.000000318. The molecule has 0 aromatic heterocycles. The van der Waals surface area contributed by atoms with Crippen LogP contribution in [0.2, 0.25) is 0 Å². The van der Waals surface area contributed by atoms with E-state index in [2.05, 4.69) is 4.74 Å². The van der Waals surface area contributed by atoms with E-state index in [4.69, 9.17) is 19.7 Å². The Bertz CT molecular complexity index is 2510. The summed E-state index contributed by atoms with van der Waals surface area (Å²) >= 11 is -3.15. The Morgan fingerprint density at radius 3 is 0.987 bits per heavy atom. The average Bonchev–Trinajstić information content (AvgIpc) is 3.32. The molecule has 0 bridgehead atoms. The molecule has 0 aliphatic rings. The van der Waals surface area contributed by atoms with Crippen molar-refractivity contribution in [3.63, 3.8) is 0 Å². The Labute approximate surface area is 521 Å². The predicted octanol–water partition coefficient (Wildman–Crippen LogP) is 6.99. The van der Waals surface area contributed by atoms with Crippen LogP contribution in [0.1, 0.15) is 13.8 Å². The van der Waals surface area contributed by atoms with Crippen molar-refractivity contribution in [3.05, 3.63) is 108 Å². The first-order valence-corrected chi connectivity index (χ1v) is 22.8. The topological polar surface area (TPSA) is 192 Å². The molecule has 0 saturated heterocycles. The van der Waals surface area contributed by atoms with Gasteiger partial charge in [0.05, 0.1) is 33.5 Å². The summed E-state index contributed by atoms with van der Waals surface area (Å²) in [6.07, 6.45) is -26.9. The van der Waals surface area contributed by atoms with Crippen molar-refractivity contribution in [1.82, 2.24) is 0 Å². The molecule has 0 heterocycles. The number of phenolic OH excluding ortho intramolecular Hbond substituents is 2. The minimum absolute atomic E-state index is 0. The minimum Gasteiger partial charge on any atom is -0.743 e. The molecule has 0 amide bonds. The first-order valence-electron chi connectivity index (χ1n) is 18.4. The van der Waals surface area contributed by atoms with E-state index in [1.165, 1.54) is 30.3 Å². The number of benzene rings is 4. The van der Waals surface area contributed by atoms with Crippen LogP contribution in [0.3, 0.4) is 0 Å². The summed E-state index contributed by atoms with van der Waals surface area (Å²) in [5.74, 6) is -8.09. The van der Waals surface area contributed by atoms with Crippen LogP contribution in [-0.2, 0) is 29.7 Å². The molecule has 0 fully saturated rings. The van der Waals surface area contributed by atoms with Gasteiger partial charge in [-0.05, 0) is 84.2 Å². The van der Waals surface area contributed by atoms with Gasteiger partial charge in [-0.1, -0.05) is 32.0 Å². The fourth-order valence-corrected chi connectivity index (χ4v) is 5.75. The average molecular weight is 1310 g/mol. The van der Waals surface area contributed by atoms with Crippen LogP contribution in [0.25, 0.3) is 0 Å². The Morgan fingerprint density at radius 2 is 0.731 bits per heavy atom. The number of methoxy groups -OCH3 is 2. The van der Waals surface area contributed by atoms with Crippen molar-refractivity contribution in [1.29, 1.82) is 0 Å². The number of hydrogen-bond acceptors (Lipinski definition) is 14. The molecule has 2 N–H and O–H groups in total. The number of phenols is 2. The number of thioether (sulfide) groups is 2. The van der Waals surface area contributed by atoms with E-state index in [0.717, 1.165) is 35.8 Å². The van der Waals surface area contributed by atoms with Crippen LogP contribution >= 0.6 is 23.5 Å².